The maximum absolute atomic E-state index is 11.1. The highest BCUT2D eigenvalue weighted by molar-refractivity contribution is 9.10. The minimum atomic E-state index is 0.162. The molecule has 0 saturated carbocycles. The van der Waals surface area contributed by atoms with Crippen LogP contribution in [0.5, 0.6) is 0 Å². The predicted molar refractivity (Wildman–Crippen MR) is 64.3 cm³/mol. The molecule has 1 aromatic heterocycles. The van der Waals surface area contributed by atoms with E-state index in [1.54, 1.807) is 18.3 Å². The summed E-state index contributed by atoms with van der Waals surface area (Å²) < 4.78 is 0.886. The number of thiazole rings is 1. The summed E-state index contributed by atoms with van der Waals surface area (Å²) in [5.41, 5.74) is 0. The molecule has 82 valence electrons. The Morgan fingerprint density at radius 3 is 2.60 bits per heavy atom. The van der Waals surface area contributed by atoms with Crippen LogP contribution in [0.25, 0.3) is 0 Å². The molecule has 0 spiro atoms. The van der Waals surface area contributed by atoms with Gasteiger partial charge >= 0.3 is 0 Å². The molecule has 1 saturated heterocycles. The van der Waals surface area contributed by atoms with Crippen molar-refractivity contribution >= 4 is 38.3 Å². The van der Waals surface area contributed by atoms with Gasteiger partial charge in [0.2, 0.25) is 5.91 Å². The van der Waals surface area contributed by atoms with Crippen molar-refractivity contribution in [3.63, 3.8) is 0 Å². The Balaban J connectivity index is 1.96. The number of piperazine rings is 1. The molecule has 0 atom stereocenters. The van der Waals surface area contributed by atoms with Crippen LogP contribution in [-0.4, -0.2) is 42.0 Å². The average molecular weight is 290 g/mol. The third kappa shape index (κ3) is 2.49. The Kier molecular flexibility index (Phi) is 3.25. The van der Waals surface area contributed by atoms with Gasteiger partial charge in [0.15, 0.2) is 5.13 Å². The van der Waals surface area contributed by atoms with Crippen LogP contribution in [0, 0.1) is 0 Å². The summed E-state index contributed by atoms with van der Waals surface area (Å²) in [6, 6.07) is 0. The largest absolute Gasteiger partial charge is 0.345 e. The second-order valence-electron chi connectivity index (χ2n) is 3.45. The van der Waals surface area contributed by atoms with Crippen molar-refractivity contribution in [2.24, 2.45) is 0 Å². The van der Waals surface area contributed by atoms with E-state index in [4.69, 9.17) is 0 Å². The van der Waals surface area contributed by atoms with Gasteiger partial charge in [-0.3, -0.25) is 4.79 Å². The lowest BCUT2D eigenvalue weighted by molar-refractivity contribution is -0.129. The van der Waals surface area contributed by atoms with Gasteiger partial charge in [-0.25, -0.2) is 4.98 Å². The molecule has 1 aliphatic heterocycles. The standard InChI is InChI=1S/C9H12BrN3OS/c1-7(14)12-2-4-13(5-3-12)9-11-8(10)6-15-9/h6H,2-5H2,1H3. The van der Waals surface area contributed by atoms with Crippen LogP contribution in [-0.2, 0) is 4.79 Å². The summed E-state index contributed by atoms with van der Waals surface area (Å²) in [4.78, 5) is 19.6. The Morgan fingerprint density at radius 2 is 2.13 bits per heavy atom. The van der Waals surface area contributed by atoms with Crippen LogP contribution in [0.15, 0.2) is 9.98 Å². The lowest BCUT2D eigenvalue weighted by Crippen LogP contribution is -2.48. The highest BCUT2D eigenvalue weighted by Gasteiger charge is 2.20. The molecule has 0 radical (unpaired) electrons. The highest BCUT2D eigenvalue weighted by atomic mass is 79.9. The molecule has 0 N–H and O–H groups in total. The van der Waals surface area contributed by atoms with E-state index in [9.17, 15) is 4.79 Å². The molecule has 1 aliphatic rings. The van der Waals surface area contributed by atoms with Crippen LogP contribution in [0.3, 0.4) is 0 Å². The zero-order chi connectivity index (χ0) is 10.8. The van der Waals surface area contributed by atoms with Crippen LogP contribution in [0.2, 0.25) is 0 Å². The Hall–Kier alpha value is -0.620. The van der Waals surface area contributed by atoms with E-state index in [1.165, 1.54) is 0 Å². The molecule has 1 amide bonds. The summed E-state index contributed by atoms with van der Waals surface area (Å²) in [5.74, 6) is 0.162. The smallest absolute Gasteiger partial charge is 0.219 e. The van der Waals surface area contributed by atoms with Crippen molar-refractivity contribution in [3.05, 3.63) is 9.98 Å². The van der Waals surface area contributed by atoms with Gasteiger partial charge in [-0.1, -0.05) is 0 Å². The number of amides is 1. The Bertz CT molecular complexity index is 360. The van der Waals surface area contributed by atoms with Crippen molar-refractivity contribution in [2.75, 3.05) is 31.1 Å². The zero-order valence-electron chi connectivity index (χ0n) is 8.44. The third-order valence-corrected chi connectivity index (χ3v) is 4.07. The number of hydrogen-bond acceptors (Lipinski definition) is 4. The lowest BCUT2D eigenvalue weighted by Gasteiger charge is -2.33. The van der Waals surface area contributed by atoms with Crippen LogP contribution >= 0.6 is 27.3 Å². The molecule has 0 aromatic carbocycles. The molecule has 15 heavy (non-hydrogen) atoms. The van der Waals surface area contributed by atoms with E-state index in [2.05, 4.69) is 25.8 Å². The lowest BCUT2D eigenvalue weighted by atomic mass is 10.3. The molecular weight excluding hydrogens is 278 g/mol. The summed E-state index contributed by atoms with van der Waals surface area (Å²) in [5, 5.41) is 3.01. The first-order valence-electron chi connectivity index (χ1n) is 4.78. The van der Waals surface area contributed by atoms with Gasteiger partial charge in [0.05, 0.1) is 0 Å². The topological polar surface area (TPSA) is 36.4 Å². The average Bonchev–Trinajstić information content (AvgIpc) is 2.65. The van der Waals surface area contributed by atoms with Crippen LogP contribution < -0.4 is 4.90 Å². The van der Waals surface area contributed by atoms with Crippen molar-refractivity contribution in [2.45, 2.75) is 6.92 Å². The Morgan fingerprint density at radius 1 is 1.47 bits per heavy atom. The number of halogens is 1. The summed E-state index contributed by atoms with van der Waals surface area (Å²) in [6.45, 7) is 4.97. The molecule has 6 heteroatoms. The summed E-state index contributed by atoms with van der Waals surface area (Å²) in [7, 11) is 0. The first-order valence-corrected chi connectivity index (χ1v) is 6.45. The quantitative estimate of drug-likeness (QED) is 0.788. The number of hydrogen-bond donors (Lipinski definition) is 0. The first kappa shape index (κ1) is 10.9. The van der Waals surface area contributed by atoms with Crippen molar-refractivity contribution in [1.29, 1.82) is 0 Å². The van der Waals surface area contributed by atoms with Crippen molar-refractivity contribution < 1.29 is 4.79 Å². The van der Waals surface area contributed by atoms with E-state index in [0.29, 0.717) is 0 Å². The first-order chi connectivity index (χ1) is 7.16. The van der Waals surface area contributed by atoms with Gasteiger partial charge in [0, 0.05) is 38.5 Å². The molecule has 4 nitrogen and oxygen atoms in total. The molecule has 1 fully saturated rings. The van der Waals surface area contributed by atoms with Gasteiger partial charge in [0.1, 0.15) is 4.60 Å². The van der Waals surface area contributed by atoms with E-state index >= 15 is 0 Å². The molecule has 0 bridgehead atoms. The number of anilines is 1. The van der Waals surface area contributed by atoms with Gasteiger partial charge in [-0.05, 0) is 15.9 Å². The SMILES string of the molecule is CC(=O)N1CCN(c2nc(Br)cs2)CC1. The number of aromatic nitrogens is 1. The van der Waals surface area contributed by atoms with E-state index in [1.807, 2.05) is 10.3 Å². The molecular formula is C9H12BrN3OS. The van der Waals surface area contributed by atoms with Crippen LogP contribution in [0.1, 0.15) is 6.92 Å². The second kappa shape index (κ2) is 4.49. The van der Waals surface area contributed by atoms with Crippen molar-refractivity contribution in [3.8, 4) is 0 Å². The molecule has 0 aliphatic carbocycles. The van der Waals surface area contributed by atoms with Gasteiger partial charge in [-0.2, -0.15) is 0 Å². The molecule has 2 rings (SSSR count). The summed E-state index contributed by atoms with van der Waals surface area (Å²) in [6.07, 6.45) is 0. The van der Waals surface area contributed by atoms with Gasteiger partial charge in [-0.15, -0.1) is 11.3 Å². The highest BCUT2D eigenvalue weighted by Crippen LogP contribution is 2.24. The van der Waals surface area contributed by atoms with Gasteiger partial charge in [0.25, 0.3) is 0 Å². The number of nitrogens with zero attached hydrogens (tertiary/aromatic N) is 3. The third-order valence-electron chi connectivity index (χ3n) is 2.46. The van der Waals surface area contributed by atoms with Crippen LogP contribution in [0.4, 0.5) is 5.13 Å². The van der Waals surface area contributed by atoms with Crippen molar-refractivity contribution in [1.82, 2.24) is 9.88 Å². The number of carbonyl (C=O) groups is 1. The minimum absolute atomic E-state index is 0.162. The fourth-order valence-electron chi connectivity index (χ4n) is 1.60. The van der Waals surface area contributed by atoms with Gasteiger partial charge < -0.3 is 9.80 Å². The fraction of sp³-hybridized carbons (Fsp3) is 0.556. The molecule has 2 heterocycles. The Labute approximate surface area is 101 Å². The summed E-state index contributed by atoms with van der Waals surface area (Å²) >= 11 is 4.97. The van der Waals surface area contributed by atoms with E-state index in [-0.39, 0.29) is 5.91 Å². The minimum Gasteiger partial charge on any atom is -0.345 e. The van der Waals surface area contributed by atoms with E-state index in [0.717, 1.165) is 35.9 Å². The second-order valence-corrected chi connectivity index (χ2v) is 5.09. The number of rotatable bonds is 1. The number of carbonyl (C=O) groups excluding carboxylic acids is 1. The zero-order valence-corrected chi connectivity index (χ0v) is 10.8. The molecule has 0 unspecified atom stereocenters. The fourth-order valence-corrected chi connectivity index (χ4v) is 2.91. The maximum atomic E-state index is 11.1. The normalized spacial score (nSPS) is 16.9. The predicted octanol–water partition coefficient (Wildman–Crippen LogP) is 1.57. The maximum Gasteiger partial charge on any atom is 0.219 e. The van der Waals surface area contributed by atoms with E-state index < -0.39 is 0 Å². The monoisotopic (exact) mass is 289 g/mol. The molecule has 1 aromatic rings.